The fourth-order valence-electron chi connectivity index (χ4n) is 2.47. The van der Waals surface area contributed by atoms with Gasteiger partial charge in [-0.05, 0) is 42.3 Å². The third-order valence-electron chi connectivity index (χ3n) is 3.80. The molecule has 2 amide bonds. The van der Waals surface area contributed by atoms with E-state index in [0.717, 1.165) is 12.0 Å². The molecule has 0 unspecified atom stereocenters. The standard InChI is InChI=1S/C17H16N4O2S/c22-15(12-7-4-8-18-10-12)19-17(24)21-20-16(23)14-9-13(14)11-5-2-1-3-6-11/h1-8,10,13-14H,9H2,(H,20,23)(H2,19,21,22,24)/t13-,14-/m1/s1. The second-order valence-electron chi connectivity index (χ2n) is 5.50. The van der Waals surface area contributed by atoms with Gasteiger partial charge in [-0.25, -0.2) is 0 Å². The van der Waals surface area contributed by atoms with E-state index in [9.17, 15) is 9.59 Å². The molecule has 0 radical (unpaired) electrons. The van der Waals surface area contributed by atoms with Crippen LogP contribution in [0.2, 0.25) is 0 Å². The van der Waals surface area contributed by atoms with Gasteiger partial charge in [-0.3, -0.25) is 30.7 Å². The summed E-state index contributed by atoms with van der Waals surface area (Å²) in [7, 11) is 0. The Morgan fingerprint density at radius 1 is 1.08 bits per heavy atom. The molecule has 2 atom stereocenters. The Labute approximate surface area is 144 Å². The lowest BCUT2D eigenvalue weighted by molar-refractivity contribution is -0.123. The molecule has 1 aliphatic rings. The van der Waals surface area contributed by atoms with Crippen molar-refractivity contribution in [3.05, 3.63) is 66.0 Å². The summed E-state index contributed by atoms with van der Waals surface area (Å²) < 4.78 is 0. The van der Waals surface area contributed by atoms with Crippen LogP contribution < -0.4 is 16.2 Å². The molecule has 1 fully saturated rings. The number of nitrogens with zero attached hydrogens (tertiary/aromatic N) is 1. The van der Waals surface area contributed by atoms with E-state index in [0.29, 0.717) is 5.56 Å². The van der Waals surface area contributed by atoms with Gasteiger partial charge in [-0.2, -0.15) is 0 Å². The summed E-state index contributed by atoms with van der Waals surface area (Å²) in [5.41, 5.74) is 6.64. The van der Waals surface area contributed by atoms with E-state index < -0.39 is 0 Å². The highest BCUT2D eigenvalue weighted by Crippen LogP contribution is 2.47. The lowest BCUT2D eigenvalue weighted by Crippen LogP contribution is -2.49. The van der Waals surface area contributed by atoms with Crippen LogP contribution in [-0.2, 0) is 4.79 Å². The fraction of sp³-hybridized carbons (Fsp3) is 0.176. The molecule has 122 valence electrons. The highest BCUT2D eigenvalue weighted by molar-refractivity contribution is 7.80. The molecular weight excluding hydrogens is 324 g/mol. The molecule has 0 bridgehead atoms. The van der Waals surface area contributed by atoms with E-state index in [1.54, 1.807) is 18.3 Å². The van der Waals surface area contributed by atoms with Crippen molar-refractivity contribution in [2.75, 3.05) is 0 Å². The number of hydrogen-bond donors (Lipinski definition) is 3. The molecule has 0 aliphatic heterocycles. The Morgan fingerprint density at radius 2 is 1.88 bits per heavy atom. The van der Waals surface area contributed by atoms with Crippen molar-refractivity contribution >= 4 is 29.1 Å². The third kappa shape index (κ3) is 3.94. The third-order valence-corrected chi connectivity index (χ3v) is 4.01. The van der Waals surface area contributed by atoms with Crippen molar-refractivity contribution in [3.63, 3.8) is 0 Å². The summed E-state index contributed by atoms with van der Waals surface area (Å²) in [4.78, 5) is 27.8. The molecule has 3 rings (SSSR count). The van der Waals surface area contributed by atoms with Crippen molar-refractivity contribution in [3.8, 4) is 0 Å². The summed E-state index contributed by atoms with van der Waals surface area (Å²) in [6.45, 7) is 0. The maximum atomic E-state index is 12.1. The molecule has 2 aromatic rings. The summed E-state index contributed by atoms with van der Waals surface area (Å²) in [6, 6.07) is 13.2. The summed E-state index contributed by atoms with van der Waals surface area (Å²) in [6.07, 6.45) is 3.82. The summed E-state index contributed by atoms with van der Waals surface area (Å²) in [5.74, 6) is -0.353. The van der Waals surface area contributed by atoms with E-state index in [1.165, 1.54) is 6.20 Å². The van der Waals surface area contributed by atoms with Crippen LogP contribution in [0.25, 0.3) is 0 Å². The van der Waals surface area contributed by atoms with Crippen molar-refractivity contribution < 1.29 is 9.59 Å². The van der Waals surface area contributed by atoms with E-state index in [1.807, 2.05) is 30.3 Å². The monoisotopic (exact) mass is 340 g/mol. The highest BCUT2D eigenvalue weighted by atomic mass is 32.1. The van der Waals surface area contributed by atoms with E-state index in [-0.39, 0.29) is 28.8 Å². The van der Waals surface area contributed by atoms with Crippen molar-refractivity contribution in [2.24, 2.45) is 5.92 Å². The van der Waals surface area contributed by atoms with Gasteiger partial charge in [0, 0.05) is 18.3 Å². The Kier molecular flexibility index (Phi) is 4.81. The van der Waals surface area contributed by atoms with Crippen LogP contribution in [-0.4, -0.2) is 21.9 Å². The minimum absolute atomic E-state index is 0.0362. The van der Waals surface area contributed by atoms with Crippen molar-refractivity contribution in [1.29, 1.82) is 0 Å². The molecule has 1 saturated carbocycles. The average molecular weight is 340 g/mol. The SMILES string of the molecule is O=C(NC(=S)NNC(=O)[C@@H]1C[C@@H]1c1ccccc1)c1cccnc1. The maximum Gasteiger partial charge on any atom is 0.259 e. The van der Waals surface area contributed by atoms with Crippen molar-refractivity contribution in [2.45, 2.75) is 12.3 Å². The van der Waals surface area contributed by atoms with Crippen molar-refractivity contribution in [1.82, 2.24) is 21.2 Å². The predicted molar refractivity (Wildman–Crippen MR) is 92.9 cm³/mol. The molecule has 7 heteroatoms. The van der Waals surface area contributed by atoms with E-state index in [4.69, 9.17) is 12.2 Å². The number of nitrogens with one attached hydrogen (secondary N) is 3. The second-order valence-corrected chi connectivity index (χ2v) is 5.91. The van der Waals surface area contributed by atoms with Crippen LogP contribution in [0.4, 0.5) is 0 Å². The molecule has 1 aromatic carbocycles. The molecule has 1 aliphatic carbocycles. The molecule has 1 heterocycles. The second kappa shape index (κ2) is 7.18. The van der Waals surface area contributed by atoms with Gasteiger partial charge < -0.3 is 0 Å². The lowest BCUT2D eigenvalue weighted by atomic mass is 10.1. The molecule has 6 nitrogen and oxygen atoms in total. The van der Waals surface area contributed by atoms with Gasteiger partial charge in [0.2, 0.25) is 5.91 Å². The number of rotatable bonds is 3. The minimum Gasteiger partial charge on any atom is -0.298 e. The Morgan fingerprint density at radius 3 is 2.58 bits per heavy atom. The quantitative estimate of drug-likeness (QED) is 0.583. The van der Waals surface area contributed by atoms with Crippen LogP contribution in [0.3, 0.4) is 0 Å². The number of thiocarbonyl (C=S) groups is 1. The first-order chi connectivity index (χ1) is 11.6. The van der Waals surface area contributed by atoms with Gasteiger partial charge in [0.15, 0.2) is 5.11 Å². The van der Waals surface area contributed by atoms with Crippen LogP contribution in [0.1, 0.15) is 28.3 Å². The Hall–Kier alpha value is -2.80. The number of hydrazine groups is 1. The maximum absolute atomic E-state index is 12.1. The number of hydrogen-bond acceptors (Lipinski definition) is 4. The minimum atomic E-state index is -0.386. The van der Waals surface area contributed by atoms with Gasteiger partial charge in [0.25, 0.3) is 5.91 Å². The molecule has 1 aromatic heterocycles. The van der Waals surface area contributed by atoms with Gasteiger partial charge in [-0.1, -0.05) is 30.3 Å². The molecule has 24 heavy (non-hydrogen) atoms. The smallest absolute Gasteiger partial charge is 0.259 e. The average Bonchev–Trinajstić information content (AvgIpc) is 3.42. The van der Waals surface area contributed by atoms with Gasteiger partial charge in [-0.15, -0.1) is 0 Å². The zero-order chi connectivity index (χ0) is 16.9. The number of carbonyl (C=O) groups is 2. The number of benzene rings is 1. The van der Waals surface area contributed by atoms with Crippen LogP contribution in [0.15, 0.2) is 54.9 Å². The van der Waals surface area contributed by atoms with Crippen LogP contribution in [0.5, 0.6) is 0 Å². The number of amides is 2. The number of pyridine rings is 1. The first-order valence-electron chi connectivity index (χ1n) is 7.51. The van der Waals surface area contributed by atoms with E-state index in [2.05, 4.69) is 21.2 Å². The molecular formula is C17H16N4O2S. The highest BCUT2D eigenvalue weighted by Gasteiger charge is 2.43. The zero-order valence-electron chi connectivity index (χ0n) is 12.7. The van der Waals surface area contributed by atoms with E-state index >= 15 is 0 Å². The summed E-state index contributed by atoms with van der Waals surface area (Å²) in [5, 5.41) is 2.52. The fourth-order valence-corrected chi connectivity index (χ4v) is 2.61. The molecule has 0 spiro atoms. The van der Waals surface area contributed by atoms with Crippen LogP contribution >= 0.6 is 12.2 Å². The van der Waals surface area contributed by atoms with Gasteiger partial charge >= 0.3 is 0 Å². The first kappa shape index (κ1) is 16.1. The lowest BCUT2D eigenvalue weighted by Gasteiger charge is -2.10. The topological polar surface area (TPSA) is 83.1 Å². The first-order valence-corrected chi connectivity index (χ1v) is 7.92. The number of carbonyl (C=O) groups excluding carboxylic acids is 2. The summed E-state index contributed by atoms with van der Waals surface area (Å²) >= 11 is 5.00. The Balaban J connectivity index is 1.44. The largest absolute Gasteiger partial charge is 0.298 e. The van der Waals surface area contributed by atoms with Gasteiger partial charge in [0.1, 0.15) is 0 Å². The predicted octanol–water partition coefficient (Wildman–Crippen LogP) is 1.52. The van der Waals surface area contributed by atoms with Gasteiger partial charge in [0.05, 0.1) is 5.56 Å². The van der Waals surface area contributed by atoms with Crippen LogP contribution in [0, 0.1) is 5.92 Å². The molecule has 0 saturated heterocycles. The number of aromatic nitrogens is 1. The zero-order valence-corrected chi connectivity index (χ0v) is 13.5. The molecule has 3 N–H and O–H groups in total. The Bertz CT molecular complexity index is 752. The normalized spacial score (nSPS) is 18.3.